The molecular weight excluding hydrogens is 563 g/mol. The van der Waals surface area contributed by atoms with Gasteiger partial charge in [0, 0.05) is 56.1 Å². The molecule has 1 N–H and O–H groups in total. The summed E-state index contributed by atoms with van der Waals surface area (Å²) in [5, 5.41) is 12.1. The van der Waals surface area contributed by atoms with Crippen LogP contribution in [-0.2, 0) is 16.1 Å². The maximum Gasteiger partial charge on any atom is 0.391 e. The van der Waals surface area contributed by atoms with Gasteiger partial charge in [0.25, 0.3) is 0 Å². The Morgan fingerprint density at radius 3 is 2.65 bits per heavy atom. The number of fused-ring (bicyclic) bond motifs is 3. The lowest BCUT2D eigenvalue weighted by atomic mass is 9.73. The van der Waals surface area contributed by atoms with E-state index in [9.17, 15) is 22.8 Å². The summed E-state index contributed by atoms with van der Waals surface area (Å²) in [6.45, 7) is 3.31. The zero-order chi connectivity index (χ0) is 29.9. The molecule has 228 valence electrons. The summed E-state index contributed by atoms with van der Waals surface area (Å²) in [7, 11) is 2.05. The van der Waals surface area contributed by atoms with E-state index in [1.54, 1.807) is 21.6 Å². The number of halogens is 3. The highest BCUT2D eigenvalue weighted by atomic mass is 19.4. The second kappa shape index (κ2) is 10.6. The topological polar surface area (TPSA) is 104 Å². The van der Waals surface area contributed by atoms with E-state index in [-0.39, 0.29) is 43.3 Å². The quantitative estimate of drug-likeness (QED) is 0.466. The first-order chi connectivity index (χ1) is 20.6. The normalized spacial score (nSPS) is 26.0. The van der Waals surface area contributed by atoms with Gasteiger partial charge in [0.05, 0.1) is 23.8 Å². The zero-order valence-electron chi connectivity index (χ0n) is 23.9. The highest BCUT2D eigenvalue weighted by Crippen LogP contribution is 2.48. The lowest BCUT2D eigenvalue weighted by Crippen LogP contribution is -2.50. The predicted molar refractivity (Wildman–Crippen MR) is 151 cm³/mol. The fourth-order valence-electron chi connectivity index (χ4n) is 6.82. The number of amides is 2. The number of carbonyl (C=O) groups is 2. The van der Waals surface area contributed by atoms with Crippen LogP contribution < -0.4 is 5.32 Å². The van der Waals surface area contributed by atoms with Crippen molar-refractivity contribution in [3.05, 3.63) is 42.4 Å². The third kappa shape index (κ3) is 5.36. The van der Waals surface area contributed by atoms with Crippen LogP contribution in [0.1, 0.15) is 37.7 Å². The molecule has 2 unspecified atom stereocenters. The third-order valence-corrected chi connectivity index (χ3v) is 9.35. The van der Waals surface area contributed by atoms with Gasteiger partial charge in [-0.05, 0) is 56.9 Å². The average Bonchev–Trinajstić information content (AvgIpc) is 3.62. The molecule has 1 aliphatic carbocycles. The molecule has 2 atom stereocenters. The van der Waals surface area contributed by atoms with Crippen molar-refractivity contribution in [3.8, 4) is 0 Å². The Kier molecular flexibility index (Phi) is 6.90. The minimum Gasteiger partial charge on any atom is -0.339 e. The van der Waals surface area contributed by atoms with Crippen LogP contribution in [-0.4, -0.2) is 102 Å². The first-order valence-electron chi connectivity index (χ1n) is 14.8. The third-order valence-electron chi connectivity index (χ3n) is 9.35. The zero-order valence-corrected chi connectivity index (χ0v) is 23.9. The molecule has 3 aromatic rings. The van der Waals surface area contributed by atoms with E-state index in [1.165, 1.54) is 0 Å². The van der Waals surface area contributed by atoms with Crippen molar-refractivity contribution in [2.24, 2.45) is 11.8 Å². The molecule has 0 aromatic carbocycles. The van der Waals surface area contributed by atoms with Gasteiger partial charge in [-0.2, -0.15) is 23.3 Å². The minimum atomic E-state index is -4.22. The highest BCUT2D eigenvalue weighted by Gasteiger charge is 2.52. The van der Waals surface area contributed by atoms with Crippen molar-refractivity contribution in [3.63, 3.8) is 0 Å². The Morgan fingerprint density at radius 2 is 1.91 bits per heavy atom. The van der Waals surface area contributed by atoms with Crippen molar-refractivity contribution >= 4 is 34.7 Å². The molecule has 4 aliphatic rings. The number of aromatic nitrogens is 5. The monoisotopic (exact) mass is 597 g/mol. The Labute approximate surface area is 246 Å². The van der Waals surface area contributed by atoms with Crippen molar-refractivity contribution in [1.82, 2.24) is 39.1 Å². The number of nitrogens with one attached hydrogen (secondary N) is 1. The van der Waals surface area contributed by atoms with Crippen LogP contribution in [0.15, 0.2) is 36.8 Å². The van der Waals surface area contributed by atoms with Crippen LogP contribution in [0.25, 0.3) is 11.2 Å². The van der Waals surface area contributed by atoms with E-state index in [0.29, 0.717) is 36.8 Å². The van der Waals surface area contributed by atoms with Gasteiger partial charge >= 0.3 is 6.18 Å². The second-order valence-corrected chi connectivity index (χ2v) is 12.2. The Hall–Kier alpha value is -3.94. The molecular formula is C29H34F3N9O2. The van der Waals surface area contributed by atoms with Gasteiger partial charge in [0.15, 0.2) is 5.65 Å². The number of carbonyl (C=O) groups excluding carboxylic acids is 2. The predicted octanol–water partition coefficient (Wildman–Crippen LogP) is 3.18. The smallest absolute Gasteiger partial charge is 0.339 e. The van der Waals surface area contributed by atoms with E-state index in [1.807, 2.05) is 35.2 Å². The number of hydrogen-bond donors (Lipinski definition) is 1. The fraction of sp³-hybridized carbons (Fsp3) is 0.552. The molecule has 1 saturated carbocycles. The van der Waals surface area contributed by atoms with Crippen LogP contribution in [0.5, 0.6) is 0 Å². The van der Waals surface area contributed by atoms with E-state index in [2.05, 4.69) is 26.5 Å². The number of pyridine rings is 1. The molecule has 3 aliphatic heterocycles. The molecule has 2 amide bonds. The average molecular weight is 598 g/mol. The molecule has 3 fully saturated rings. The minimum absolute atomic E-state index is 0.0254. The number of piperazine rings is 1. The first-order valence-corrected chi connectivity index (χ1v) is 14.8. The number of rotatable bonds is 6. The summed E-state index contributed by atoms with van der Waals surface area (Å²) < 4.78 is 42.3. The molecule has 3 aromatic heterocycles. The van der Waals surface area contributed by atoms with Crippen LogP contribution in [0.4, 0.5) is 24.8 Å². The van der Waals surface area contributed by atoms with E-state index >= 15 is 0 Å². The van der Waals surface area contributed by atoms with Gasteiger partial charge in [-0.25, -0.2) is 4.52 Å². The second-order valence-electron chi connectivity index (χ2n) is 12.2. The summed E-state index contributed by atoms with van der Waals surface area (Å²) in [4.78, 5) is 36.5. The fourth-order valence-corrected chi connectivity index (χ4v) is 6.82. The van der Waals surface area contributed by atoms with Crippen LogP contribution in [0.3, 0.4) is 0 Å². The Bertz CT molecular complexity index is 1570. The summed E-state index contributed by atoms with van der Waals surface area (Å²) in [6.07, 6.45) is 5.12. The number of nitrogens with zero attached hydrogens (tertiary/aromatic N) is 8. The van der Waals surface area contributed by atoms with E-state index in [4.69, 9.17) is 4.98 Å². The van der Waals surface area contributed by atoms with Gasteiger partial charge in [0.2, 0.25) is 17.8 Å². The SMILES string of the molecule is CN1CCN(C(=O)Cn2cc(Nc3nc4c(C5=CC6CCC(C5)N6C(=O)[C@H]5C[C@H](C(F)(F)F)C5)cccn4n3)cn2)CC1. The summed E-state index contributed by atoms with van der Waals surface area (Å²) in [5.41, 5.74) is 3.32. The van der Waals surface area contributed by atoms with Crippen LogP contribution >= 0.6 is 0 Å². The first kappa shape index (κ1) is 27.9. The van der Waals surface area contributed by atoms with Crippen LogP contribution in [0.2, 0.25) is 0 Å². The Balaban J connectivity index is 1.03. The summed E-state index contributed by atoms with van der Waals surface area (Å²) >= 11 is 0. The lowest BCUT2D eigenvalue weighted by Gasteiger charge is -2.42. The van der Waals surface area contributed by atoms with Crippen molar-refractivity contribution < 1.29 is 22.8 Å². The summed E-state index contributed by atoms with van der Waals surface area (Å²) in [6, 6.07) is 3.74. The molecule has 11 nitrogen and oxygen atoms in total. The molecule has 7 rings (SSSR count). The van der Waals surface area contributed by atoms with Gasteiger partial charge in [-0.1, -0.05) is 6.08 Å². The molecule has 0 spiro atoms. The maximum atomic E-state index is 13.2. The Morgan fingerprint density at radius 1 is 1.12 bits per heavy atom. The highest BCUT2D eigenvalue weighted by molar-refractivity contribution is 5.84. The van der Waals surface area contributed by atoms with Crippen molar-refractivity contribution in [1.29, 1.82) is 0 Å². The number of anilines is 2. The molecule has 0 radical (unpaired) electrons. The van der Waals surface area contributed by atoms with Crippen LogP contribution in [0, 0.1) is 11.8 Å². The van der Waals surface area contributed by atoms with E-state index in [0.717, 1.165) is 37.1 Å². The number of alkyl halides is 3. The number of hydrogen-bond acceptors (Lipinski definition) is 7. The van der Waals surface area contributed by atoms with Gasteiger partial charge in [-0.15, -0.1) is 5.10 Å². The van der Waals surface area contributed by atoms with Crippen molar-refractivity contribution in [2.45, 2.75) is 56.9 Å². The molecule has 2 saturated heterocycles. The van der Waals surface area contributed by atoms with Crippen molar-refractivity contribution in [2.75, 3.05) is 38.5 Å². The van der Waals surface area contributed by atoms with Gasteiger partial charge < -0.3 is 20.0 Å². The standard InChI is InChI=1S/C29H34F3N9O2/c1-37-7-9-38(10-8-37)25(42)17-39-16-21(15-33-39)34-28-35-26-24(3-2-6-40(26)36-28)18-13-22-4-5-23(14-18)41(22)27(43)19-11-20(12-19)29(30,31)32/h2-3,6,13,15-16,19-20,22-23H,4-5,7-12,14,17H2,1H3,(H,34,36)/t19-,20-,22?,23?. The maximum absolute atomic E-state index is 13.2. The number of likely N-dealkylation sites (N-methyl/N-ethyl adjacent to an activating group) is 1. The molecule has 2 bridgehead atoms. The summed E-state index contributed by atoms with van der Waals surface area (Å²) in [5.74, 6) is -1.61. The van der Waals surface area contributed by atoms with E-state index < -0.39 is 18.0 Å². The molecule has 14 heteroatoms. The lowest BCUT2D eigenvalue weighted by molar-refractivity contribution is -0.206. The van der Waals surface area contributed by atoms with Gasteiger partial charge in [0.1, 0.15) is 6.54 Å². The molecule has 43 heavy (non-hydrogen) atoms. The largest absolute Gasteiger partial charge is 0.391 e. The molecule has 6 heterocycles. The van der Waals surface area contributed by atoms with Gasteiger partial charge in [-0.3, -0.25) is 14.3 Å².